The van der Waals surface area contributed by atoms with E-state index >= 15 is 0 Å². The molecule has 2 N–H and O–H groups in total. The molecular weight excluding hydrogens is 498 g/mol. The molecule has 0 aromatic rings. The number of rotatable bonds is 12. The highest BCUT2D eigenvalue weighted by Gasteiger charge is 2.74. The van der Waals surface area contributed by atoms with Crippen LogP contribution in [0.3, 0.4) is 0 Å². The second-order valence-corrected chi connectivity index (χ2v) is 11.0. The summed E-state index contributed by atoms with van der Waals surface area (Å²) < 4.78 is 97.0. The maximum Gasteiger partial charge on any atom is 0.428 e. The summed E-state index contributed by atoms with van der Waals surface area (Å²) in [5.74, 6) is -1.85. The number of hydrogen-bond donors (Lipinski definition) is 2. The van der Waals surface area contributed by atoms with E-state index in [1.165, 1.54) is 41.5 Å². The molecule has 0 bridgehead atoms. The third-order valence-corrected chi connectivity index (χ3v) is 6.24. The maximum atomic E-state index is 13.4. The average Bonchev–Trinajstić information content (AvgIpc) is 2.61. The van der Waals surface area contributed by atoms with Crippen LogP contribution in [-0.2, 0) is 19.0 Å². The topological polar surface area (TPSA) is 85.2 Å². The van der Waals surface area contributed by atoms with Crippen molar-refractivity contribution >= 4 is 5.97 Å². The van der Waals surface area contributed by atoms with Gasteiger partial charge in [0.1, 0.15) is 12.2 Å². The van der Waals surface area contributed by atoms with Crippen LogP contribution in [0.5, 0.6) is 0 Å². The van der Waals surface area contributed by atoms with Crippen LogP contribution in [0.15, 0.2) is 12.2 Å². The molecule has 0 saturated carbocycles. The van der Waals surface area contributed by atoms with Gasteiger partial charge in [-0.05, 0) is 75.7 Å². The van der Waals surface area contributed by atoms with Gasteiger partial charge < -0.3 is 24.4 Å². The van der Waals surface area contributed by atoms with E-state index in [0.29, 0.717) is 6.92 Å². The molecular formula is C24H40F6O6. The molecule has 0 aliphatic rings. The standard InChI is InChI=1S/C24H40F6O6/c1-13(2)18(31)34-14(3)17(12-19(6,7)35-15(4)20(8,9)32)21(10,11)36-16(5)22(33,23(25,26)27)24(28,29)30/h14-17,32-33H,1,12H2,2-11H3. The van der Waals surface area contributed by atoms with E-state index in [0.717, 1.165) is 0 Å². The molecule has 4 unspecified atom stereocenters. The van der Waals surface area contributed by atoms with Gasteiger partial charge in [0, 0.05) is 11.5 Å². The fourth-order valence-corrected chi connectivity index (χ4v) is 3.78. The molecule has 0 aliphatic carbocycles. The number of carbonyl (C=O) groups is 1. The van der Waals surface area contributed by atoms with Crippen molar-refractivity contribution < 1.29 is 55.6 Å². The first-order valence-electron chi connectivity index (χ1n) is 11.4. The van der Waals surface area contributed by atoms with Gasteiger partial charge >= 0.3 is 18.3 Å². The molecule has 0 amide bonds. The van der Waals surface area contributed by atoms with Gasteiger partial charge in [-0.25, -0.2) is 4.79 Å². The van der Waals surface area contributed by atoms with Gasteiger partial charge in [-0.15, -0.1) is 0 Å². The third kappa shape index (κ3) is 8.59. The van der Waals surface area contributed by atoms with E-state index in [2.05, 4.69) is 6.58 Å². The molecule has 0 fully saturated rings. The summed E-state index contributed by atoms with van der Waals surface area (Å²) in [5.41, 5.74) is -9.30. The predicted molar refractivity (Wildman–Crippen MR) is 121 cm³/mol. The minimum atomic E-state index is -6.08. The molecule has 0 rings (SSSR count). The minimum Gasteiger partial charge on any atom is -0.459 e. The Labute approximate surface area is 209 Å². The van der Waals surface area contributed by atoms with Crippen molar-refractivity contribution in [3.63, 3.8) is 0 Å². The summed E-state index contributed by atoms with van der Waals surface area (Å²) in [5, 5.41) is 20.0. The van der Waals surface area contributed by atoms with E-state index in [-0.39, 0.29) is 12.0 Å². The zero-order valence-corrected chi connectivity index (χ0v) is 22.5. The largest absolute Gasteiger partial charge is 0.459 e. The Kier molecular flexibility index (Phi) is 10.7. The Bertz CT molecular complexity index is 753. The number of halogens is 6. The Morgan fingerprint density at radius 2 is 1.25 bits per heavy atom. The number of ether oxygens (including phenoxy) is 3. The van der Waals surface area contributed by atoms with Gasteiger partial charge in [0.05, 0.1) is 22.9 Å². The highest BCUT2D eigenvalue weighted by atomic mass is 19.4. The van der Waals surface area contributed by atoms with Crippen molar-refractivity contribution in [2.45, 2.75) is 129 Å². The fraction of sp³-hybridized carbons (Fsp3) is 0.875. The van der Waals surface area contributed by atoms with Crippen molar-refractivity contribution in [1.82, 2.24) is 0 Å². The number of alkyl halides is 6. The number of hydrogen-bond acceptors (Lipinski definition) is 6. The highest BCUT2D eigenvalue weighted by Crippen LogP contribution is 2.48. The normalized spacial score (nSPS) is 17.8. The summed E-state index contributed by atoms with van der Waals surface area (Å²) in [6.07, 6.45) is -16.8. The number of esters is 1. The summed E-state index contributed by atoms with van der Waals surface area (Å²) in [6.45, 7) is 17.0. The number of carbonyl (C=O) groups excluding carboxylic acids is 1. The predicted octanol–water partition coefficient (Wildman–Crippen LogP) is 5.49. The van der Waals surface area contributed by atoms with Crippen LogP contribution in [0.1, 0.15) is 75.7 Å². The summed E-state index contributed by atoms with van der Waals surface area (Å²) in [7, 11) is 0. The third-order valence-electron chi connectivity index (χ3n) is 6.24. The molecule has 214 valence electrons. The van der Waals surface area contributed by atoms with Crippen LogP contribution < -0.4 is 0 Å². The molecule has 4 atom stereocenters. The number of aliphatic hydroxyl groups is 2. The molecule has 0 spiro atoms. The van der Waals surface area contributed by atoms with Crippen LogP contribution in [0.4, 0.5) is 26.3 Å². The van der Waals surface area contributed by atoms with Crippen molar-refractivity contribution in [3.05, 3.63) is 12.2 Å². The lowest BCUT2D eigenvalue weighted by Gasteiger charge is -2.46. The Morgan fingerprint density at radius 3 is 1.58 bits per heavy atom. The lowest BCUT2D eigenvalue weighted by atomic mass is 9.78. The van der Waals surface area contributed by atoms with Gasteiger partial charge in [0.2, 0.25) is 0 Å². The molecule has 0 aromatic carbocycles. The first-order chi connectivity index (χ1) is 15.6. The van der Waals surface area contributed by atoms with Crippen molar-refractivity contribution in [1.29, 1.82) is 0 Å². The zero-order chi connectivity index (χ0) is 29.3. The van der Waals surface area contributed by atoms with Crippen LogP contribution in [0.2, 0.25) is 0 Å². The summed E-state index contributed by atoms with van der Waals surface area (Å²) in [6, 6.07) is 0. The molecule has 0 aliphatic heterocycles. The summed E-state index contributed by atoms with van der Waals surface area (Å²) in [4.78, 5) is 12.1. The molecule has 0 saturated heterocycles. The van der Waals surface area contributed by atoms with Crippen molar-refractivity contribution in [3.8, 4) is 0 Å². The maximum absolute atomic E-state index is 13.4. The van der Waals surface area contributed by atoms with Gasteiger partial charge in [0.25, 0.3) is 5.60 Å². The van der Waals surface area contributed by atoms with E-state index < -0.39 is 65.0 Å². The molecule has 6 nitrogen and oxygen atoms in total. The second-order valence-electron chi connectivity index (χ2n) is 11.0. The van der Waals surface area contributed by atoms with Gasteiger partial charge in [-0.1, -0.05) is 6.58 Å². The van der Waals surface area contributed by atoms with Crippen molar-refractivity contribution in [2.24, 2.45) is 5.92 Å². The Morgan fingerprint density at radius 1 is 0.833 bits per heavy atom. The smallest absolute Gasteiger partial charge is 0.428 e. The van der Waals surface area contributed by atoms with Gasteiger partial charge in [0.15, 0.2) is 0 Å². The molecule has 0 aromatic heterocycles. The molecule has 12 heteroatoms. The van der Waals surface area contributed by atoms with E-state index in [1.54, 1.807) is 20.8 Å². The van der Waals surface area contributed by atoms with E-state index in [9.17, 15) is 41.4 Å². The van der Waals surface area contributed by atoms with E-state index in [4.69, 9.17) is 14.2 Å². The molecule has 36 heavy (non-hydrogen) atoms. The zero-order valence-electron chi connectivity index (χ0n) is 22.5. The lowest BCUT2D eigenvalue weighted by molar-refractivity contribution is -0.400. The van der Waals surface area contributed by atoms with Crippen LogP contribution in [-0.4, -0.2) is 69.3 Å². The van der Waals surface area contributed by atoms with Crippen LogP contribution in [0.25, 0.3) is 0 Å². The fourth-order valence-electron chi connectivity index (χ4n) is 3.78. The quantitative estimate of drug-likeness (QED) is 0.194. The Balaban J connectivity index is 6.37. The van der Waals surface area contributed by atoms with E-state index in [1.807, 2.05) is 0 Å². The van der Waals surface area contributed by atoms with Gasteiger partial charge in [-0.3, -0.25) is 0 Å². The van der Waals surface area contributed by atoms with Gasteiger partial charge in [-0.2, -0.15) is 26.3 Å². The average molecular weight is 539 g/mol. The lowest BCUT2D eigenvalue weighted by Crippen LogP contribution is -2.65. The summed E-state index contributed by atoms with van der Waals surface area (Å²) >= 11 is 0. The second kappa shape index (κ2) is 11.2. The minimum absolute atomic E-state index is 0.0300. The highest BCUT2D eigenvalue weighted by molar-refractivity contribution is 5.87. The monoisotopic (exact) mass is 538 g/mol. The molecule has 0 heterocycles. The first kappa shape index (κ1) is 34.6. The molecule has 0 radical (unpaired) electrons. The van der Waals surface area contributed by atoms with Crippen LogP contribution in [0, 0.1) is 5.92 Å². The first-order valence-corrected chi connectivity index (χ1v) is 11.4. The van der Waals surface area contributed by atoms with Crippen LogP contribution >= 0.6 is 0 Å². The van der Waals surface area contributed by atoms with Crippen molar-refractivity contribution in [2.75, 3.05) is 0 Å². The SMILES string of the molecule is C=C(C)C(=O)OC(C)C(CC(C)(C)OC(C)C(C)(C)O)C(C)(C)OC(C)C(O)(C(F)(F)F)C(F)(F)F. The Hall–Kier alpha value is -1.37.